The third-order valence-corrected chi connectivity index (χ3v) is 3.51. The van der Waals surface area contributed by atoms with Crippen molar-refractivity contribution in [3.8, 4) is 5.75 Å². The average molecular weight is 311 g/mol. The number of nitrogens with one attached hydrogen (secondary N) is 1. The first-order valence-corrected chi connectivity index (χ1v) is 6.99. The van der Waals surface area contributed by atoms with Crippen LogP contribution in [0.25, 0.3) is 10.9 Å². The van der Waals surface area contributed by atoms with Gasteiger partial charge in [-0.15, -0.1) is 11.6 Å². The van der Waals surface area contributed by atoms with Crippen molar-refractivity contribution in [1.29, 1.82) is 0 Å². The van der Waals surface area contributed by atoms with E-state index in [1.807, 2.05) is 31.2 Å². The van der Waals surface area contributed by atoms with Crippen LogP contribution in [0.3, 0.4) is 0 Å². The largest absolute Gasteiger partial charge is 0.486 e. The first kappa shape index (κ1) is 13.3. The van der Waals surface area contributed by atoms with Crippen molar-refractivity contribution in [2.24, 2.45) is 0 Å². The highest BCUT2D eigenvalue weighted by molar-refractivity contribution is 6.32. The molecule has 0 amide bonds. The highest BCUT2D eigenvalue weighted by Gasteiger charge is 2.09. The molecule has 0 aliphatic rings. The minimum absolute atomic E-state index is 0.311. The van der Waals surface area contributed by atoms with Crippen LogP contribution in [0.4, 0.5) is 0 Å². The summed E-state index contributed by atoms with van der Waals surface area (Å²) < 4.78 is 10.7. The van der Waals surface area contributed by atoms with Gasteiger partial charge in [-0.1, -0.05) is 16.8 Å². The van der Waals surface area contributed by atoms with E-state index in [1.165, 1.54) is 0 Å². The lowest BCUT2D eigenvalue weighted by atomic mass is 10.2. The monoisotopic (exact) mass is 310 g/mol. The molecule has 0 aliphatic carbocycles. The van der Waals surface area contributed by atoms with Crippen LogP contribution in [0.1, 0.15) is 17.1 Å². The zero-order chi connectivity index (χ0) is 14.1. The smallest absolute Gasteiger partial charge is 0.140 e. The molecule has 0 spiro atoms. The van der Waals surface area contributed by atoms with E-state index in [4.69, 9.17) is 32.5 Å². The van der Waals surface area contributed by atoms with Gasteiger partial charge in [0.05, 0.1) is 10.9 Å². The standard InChI is InChI=1S/C14H12Cl2N2O2/c1-8-2-11(18-20-8)7-19-14-5-13-9(4-12(14)16)3-10(6-15)17-13/h2-5,17H,6-7H2,1H3. The Morgan fingerprint density at radius 2 is 2.15 bits per heavy atom. The maximum Gasteiger partial charge on any atom is 0.140 e. The number of aryl methyl sites for hydroxylation is 1. The molecule has 0 fully saturated rings. The second kappa shape index (κ2) is 5.38. The van der Waals surface area contributed by atoms with Crippen molar-refractivity contribution in [2.75, 3.05) is 0 Å². The molecular weight excluding hydrogens is 299 g/mol. The van der Waals surface area contributed by atoms with E-state index < -0.39 is 0 Å². The fraction of sp³-hybridized carbons (Fsp3) is 0.214. The van der Waals surface area contributed by atoms with E-state index in [1.54, 1.807) is 0 Å². The Morgan fingerprint density at radius 1 is 1.30 bits per heavy atom. The van der Waals surface area contributed by atoms with Gasteiger partial charge in [-0.3, -0.25) is 0 Å². The number of halogens is 2. The van der Waals surface area contributed by atoms with Gasteiger partial charge >= 0.3 is 0 Å². The summed E-state index contributed by atoms with van der Waals surface area (Å²) in [5, 5.41) is 5.43. The molecule has 0 aliphatic heterocycles. The van der Waals surface area contributed by atoms with Crippen molar-refractivity contribution in [1.82, 2.24) is 10.1 Å². The molecule has 104 valence electrons. The van der Waals surface area contributed by atoms with Crippen LogP contribution in [0.15, 0.2) is 28.8 Å². The summed E-state index contributed by atoms with van der Waals surface area (Å²) in [6.45, 7) is 2.15. The van der Waals surface area contributed by atoms with Crippen molar-refractivity contribution >= 4 is 34.1 Å². The van der Waals surface area contributed by atoms with E-state index in [0.29, 0.717) is 23.3 Å². The first-order chi connectivity index (χ1) is 9.65. The van der Waals surface area contributed by atoms with Crippen LogP contribution in [0.5, 0.6) is 5.75 Å². The summed E-state index contributed by atoms with van der Waals surface area (Å²) in [6, 6.07) is 7.51. The van der Waals surface area contributed by atoms with Gasteiger partial charge in [0.1, 0.15) is 23.8 Å². The quantitative estimate of drug-likeness (QED) is 0.725. The lowest BCUT2D eigenvalue weighted by molar-refractivity contribution is 0.288. The van der Waals surface area contributed by atoms with Gasteiger partial charge in [-0.2, -0.15) is 0 Å². The molecule has 3 rings (SSSR count). The third-order valence-electron chi connectivity index (χ3n) is 2.93. The number of nitrogens with zero attached hydrogens (tertiary/aromatic N) is 1. The highest BCUT2D eigenvalue weighted by Crippen LogP contribution is 2.31. The lowest BCUT2D eigenvalue weighted by Gasteiger charge is -2.06. The van der Waals surface area contributed by atoms with Crippen LogP contribution in [0, 0.1) is 6.92 Å². The fourth-order valence-corrected chi connectivity index (χ4v) is 2.38. The molecule has 0 atom stereocenters. The van der Waals surface area contributed by atoms with Crippen molar-refractivity contribution < 1.29 is 9.26 Å². The van der Waals surface area contributed by atoms with Gasteiger partial charge in [-0.25, -0.2) is 0 Å². The van der Waals surface area contributed by atoms with Crippen molar-refractivity contribution in [3.63, 3.8) is 0 Å². The average Bonchev–Trinajstić information content (AvgIpc) is 3.01. The predicted molar refractivity (Wildman–Crippen MR) is 78.4 cm³/mol. The minimum Gasteiger partial charge on any atom is -0.486 e. The second-order valence-corrected chi connectivity index (χ2v) is 5.19. The van der Waals surface area contributed by atoms with Crippen molar-refractivity contribution in [2.45, 2.75) is 19.4 Å². The summed E-state index contributed by atoms with van der Waals surface area (Å²) in [5.41, 5.74) is 2.62. The molecule has 6 heteroatoms. The number of aromatic amines is 1. The Balaban J connectivity index is 1.85. The first-order valence-electron chi connectivity index (χ1n) is 6.08. The molecule has 1 aromatic carbocycles. The van der Waals surface area contributed by atoms with Gasteiger partial charge in [0.2, 0.25) is 0 Å². The molecule has 0 radical (unpaired) electrons. The van der Waals surface area contributed by atoms with Crippen LogP contribution >= 0.6 is 23.2 Å². The van der Waals surface area contributed by atoms with E-state index in [9.17, 15) is 0 Å². The Kier molecular flexibility index (Phi) is 3.59. The van der Waals surface area contributed by atoms with Crippen LogP contribution in [-0.4, -0.2) is 10.1 Å². The van der Waals surface area contributed by atoms with Gasteiger partial charge < -0.3 is 14.2 Å². The molecule has 0 unspecified atom stereocenters. The van der Waals surface area contributed by atoms with E-state index >= 15 is 0 Å². The summed E-state index contributed by atoms with van der Waals surface area (Å²) in [7, 11) is 0. The topological polar surface area (TPSA) is 51.0 Å². The number of aromatic nitrogens is 2. The van der Waals surface area contributed by atoms with Crippen LogP contribution in [0.2, 0.25) is 5.02 Å². The summed E-state index contributed by atoms with van der Waals surface area (Å²) in [5.74, 6) is 1.78. The number of hydrogen-bond donors (Lipinski definition) is 1. The van der Waals surface area contributed by atoms with E-state index in [2.05, 4.69) is 10.1 Å². The normalized spacial score (nSPS) is 11.2. The molecule has 20 heavy (non-hydrogen) atoms. The number of fused-ring (bicyclic) bond motifs is 1. The van der Waals surface area contributed by atoms with Gasteiger partial charge in [0.25, 0.3) is 0 Å². The number of hydrogen-bond acceptors (Lipinski definition) is 3. The number of ether oxygens (including phenoxy) is 1. The second-order valence-electron chi connectivity index (χ2n) is 4.52. The number of benzene rings is 1. The Morgan fingerprint density at radius 3 is 2.85 bits per heavy atom. The molecule has 3 aromatic rings. The molecule has 4 nitrogen and oxygen atoms in total. The van der Waals surface area contributed by atoms with Gasteiger partial charge in [-0.05, 0) is 19.1 Å². The fourth-order valence-electron chi connectivity index (χ4n) is 2.01. The van der Waals surface area contributed by atoms with Crippen LogP contribution < -0.4 is 4.74 Å². The van der Waals surface area contributed by atoms with Gasteiger partial charge in [0, 0.05) is 28.7 Å². The number of H-pyrrole nitrogens is 1. The molecule has 2 heterocycles. The SMILES string of the molecule is Cc1cc(COc2cc3[nH]c(CCl)cc3cc2Cl)no1. The molecule has 0 bridgehead atoms. The predicted octanol–water partition coefficient (Wildman–Crippen LogP) is 4.44. The maximum atomic E-state index is 6.21. The molecule has 2 aromatic heterocycles. The van der Waals surface area contributed by atoms with E-state index in [0.717, 1.165) is 28.1 Å². The third kappa shape index (κ3) is 2.62. The minimum atomic E-state index is 0.311. The molecule has 0 saturated carbocycles. The van der Waals surface area contributed by atoms with E-state index in [-0.39, 0.29) is 0 Å². The number of rotatable bonds is 4. The zero-order valence-electron chi connectivity index (χ0n) is 10.7. The van der Waals surface area contributed by atoms with Gasteiger partial charge in [0.15, 0.2) is 0 Å². The van der Waals surface area contributed by atoms with Crippen LogP contribution in [-0.2, 0) is 12.5 Å². The summed E-state index contributed by atoms with van der Waals surface area (Å²) in [4.78, 5) is 3.21. The molecular formula is C14H12Cl2N2O2. The lowest BCUT2D eigenvalue weighted by Crippen LogP contribution is -1.96. The number of alkyl halides is 1. The van der Waals surface area contributed by atoms with Crippen molar-refractivity contribution in [3.05, 3.63) is 46.4 Å². The Bertz CT molecular complexity index is 749. The highest BCUT2D eigenvalue weighted by atomic mass is 35.5. The Labute approximate surface area is 125 Å². The molecule has 1 N–H and O–H groups in total. The summed E-state index contributed by atoms with van der Waals surface area (Å²) in [6.07, 6.45) is 0. The Hall–Kier alpha value is -1.65. The zero-order valence-corrected chi connectivity index (χ0v) is 12.3. The summed E-state index contributed by atoms with van der Waals surface area (Å²) >= 11 is 12.0. The maximum absolute atomic E-state index is 6.21. The molecule has 0 saturated heterocycles.